The van der Waals surface area contributed by atoms with E-state index in [9.17, 15) is 0 Å². The molecule has 0 atom stereocenters. The number of benzene rings is 1. The second-order valence-electron chi connectivity index (χ2n) is 3.05. The van der Waals surface area contributed by atoms with Crippen molar-refractivity contribution in [2.45, 2.75) is 33.6 Å². The van der Waals surface area contributed by atoms with Gasteiger partial charge in [-0.25, -0.2) is 0 Å². The van der Waals surface area contributed by atoms with E-state index in [0.717, 1.165) is 6.42 Å². The summed E-state index contributed by atoms with van der Waals surface area (Å²) in [6.45, 7) is 6.71. The molecule has 1 aromatic rings. The second-order valence-corrected chi connectivity index (χ2v) is 4.43. The zero-order valence-corrected chi connectivity index (χ0v) is 10.6. The van der Waals surface area contributed by atoms with Crippen LogP contribution in [0.3, 0.4) is 0 Å². The summed E-state index contributed by atoms with van der Waals surface area (Å²) in [5.74, 6) is 0. The van der Waals surface area contributed by atoms with Crippen molar-refractivity contribution < 1.29 is 0 Å². The van der Waals surface area contributed by atoms with Crippen LogP contribution in [0.25, 0.3) is 0 Å². The molecule has 0 nitrogen and oxygen atoms in total. The van der Waals surface area contributed by atoms with Crippen LogP contribution in [0.4, 0.5) is 0 Å². The molecule has 0 N–H and O–H groups in total. The summed E-state index contributed by atoms with van der Waals surface area (Å²) < 4.78 is 1.47. The molecule has 0 bridgehead atoms. The number of hydrogen-bond acceptors (Lipinski definition) is 0. The van der Waals surface area contributed by atoms with Crippen molar-refractivity contribution in [3.05, 3.63) is 28.8 Å². The van der Waals surface area contributed by atoms with Crippen LogP contribution in [-0.2, 0) is 12.8 Å². The summed E-state index contributed by atoms with van der Waals surface area (Å²) >= 11 is 1.83. The van der Waals surface area contributed by atoms with Gasteiger partial charge in [0.15, 0.2) is 0 Å². The molecule has 1 aromatic carbocycles. The average Bonchev–Trinajstić information content (AvgIpc) is 2.09. The molecule has 0 fully saturated rings. The van der Waals surface area contributed by atoms with Gasteiger partial charge in [0.1, 0.15) is 0 Å². The van der Waals surface area contributed by atoms with Gasteiger partial charge in [0, 0.05) is 0 Å². The van der Waals surface area contributed by atoms with Gasteiger partial charge < -0.3 is 0 Å². The standard InChI is InChI=1S/C11H15.Sb/c1-4-10-8-6-7-9(3)11(10)5-2;/h6,8H,4-5H2,1-3H3;. The van der Waals surface area contributed by atoms with Crippen LogP contribution in [0.5, 0.6) is 0 Å². The molecule has 1 heteroatoms. The van der Waals surface area contributed by atoms with Gasteiger partial charge in [-0.3, -0.25) is 0 Å². The quantitative estimate of drug-likeness (QED) is 0.719. The third-order valence-corrected chi connectivity index (χ3v) is 3.78. The second kappa shape index (κ2) is 4.32. The first kappa shape index (κ1) is 10.1. The van der Waals surface area contributed by atoms with Gasteiger partial charge in [-0.2, -0.15) is 0 Å². The van der Waals surface area contributed by atoms with E-state index in [-0.39, 0.29) is 0 Å². The molecule has 0 spiro atoms. The third-order valence-electron chi connectivity index (χ3n) is 2.40. The first-order chi connectivity index (χ1) is 5.70. The molecule has 0 heterocycles. The van der Waals surface area contributed by atoms with Crippen LogP contribution in [-0.4, -0.2) is 23.0 Å². The molecule has 0 aromatic heterocycles. The predicted octanol–water partition coefficient (Wildman–Crippen LogP) is 1.91. The molecular weight excluding hydrogens is 254 g/mol. The summed E-state index contributed by atoms with van der Waals surface area (Å²) in [6.07, 6.45) is 2.33. The van der Waals surface area contributed by atoms with E-state index < -0.39 is 0 Å². The van der Waals surface area contributed by atoms with Crippen LogP contribution in [0.1, 0.15) is 30.5 Å². The fourth-order valence-electron chi connectivity index (χ4n) is 1.62. The molecule has 1 rings (SSSR count). The van der Waals surface area contributed by atoms with Crippen molar-refractivity contribution in [3.63, 3.8) is 0 Å². The fourth-order valence-corrected chi connectivity index (χ4v) is 2.22. The van der Waals surface area contributed by atoms with Crippen LogP contribution < -0.4 is 3.51 Å². The third kappa shape index (κ3) is 1.85. The summed E-state index contributed by atoms with van der Waals surface area (Å²) in [4.78, 5) is 0. The minimum absolute atomic E-state index is 1.16. The first-order valence-corrected chi connectivity index (χ1v) is 5.78. The Morgan fingerprint density at radius 1 is 1.17 bits per heavy atom. The molecule has 0 saturated heterocycles. The maximum absolute atomic E-state index is 2.28. The van der Waals surface area contributed by atoms with E-state index >= 15 is 0 Å². The SMILES string of the molecule is CCc1cc[c]([Sb])c(C)c1CC. The van der Waals surface area contributed by atoms with Crippen LogP contribution in [0.15, 0.2) is 12.1 Å². The molecule has 0 saturated carbocycles. The van der Waals surface area contributed by atoms with E-state index in [1.54, 1.807) is 5.56 Å². The van der Waals surface area contributed by atoms with Crippen molar-refractivity contribution >= 4 is 26.5 Å². The zero-order chi connectivity index (χ0) is 9.14. The van der Waals surface area contributed by atoms with Crippen LogP contribution in [0, 0.1) is 6.92 Å². The van der Waals surface area contributed by atoms with E-state index in [2.05, 4.69) is 32.9 Å². The number of rotatable bonds is 2. The molecule has 2 radical (unpaired) electrons. The van der Waals surface area contributed by atoms with Crippen molar-refractivity contribution in [2.75, 3.05) is 0 Å². The van der Waals surface area contributed by atoms with Crippen molar-refractivity contribution in [3.8, 4) is 0 Å². The number of hydrogen-bond donors (Lipinski definition) is 0. The maximum atomic E-state index is 2.28. The Kier molecular flexibility index (Phi) is 3.65. The molecule has 0 aliphatic carbocycles. The molecule has 0 aliphatic rings. The Morgan fingerprint density at radius 3 is 2.33 bits per heavy atom. The molecule has 0 unspecified atom stereocenters. The van der Waals surface area contributed by atoms with E-state index in [4.69, 9.17) is 0 Å². The Labute approximate surface area is 88.9 Å². The molecule has 0 aliphatic heterocycles. The molecular formula is C11H15Sb. The van der Waals surface area contributed by atoms with Crippen LogP contribution in [0.2, 0.25) is 0 Å². The van der Waals surface area contributed by atoms with Crippen LogP contribution >= 0.6 is 0 Å². The van der Waals surface area contributed by atoms with Crippen molar-refractivity contribution in [2.24, 2.45) is 0 Å². The van der Waals surface area contributed by atoms with Crippen molar-refractivity contribution in [1.82, 2.24) is 0 Å². The van der Waals surface area contributed by atoms with Gasteiger partial charge in [0.25, 0.3) is 0 Å². The summed E-state index contributed by atoms with van der Waals surface area (Å²) in [7, 11) is 0. The first-order valence-electron chi connectivity index (χ1n) is 4.51. The van der Waals surface area contributed by atoms with E-state index in [1.165, 1.54) is 21.1 Å². The molecule has 0 amide bonds. The zero-order valence-electron chi connectivity index (χ0n) is 8.02. The Morgan fingerprint density at radius 2 is 1.83 bits per heavy atom. The monoisotopic (exact) mass is 268 g/mol. The van der Waals surface area contributed by atoms with Gasteiger partial charge in [-0.15, -0.1) is 0 Å². The Hall–Kier alpha value is 0.0382. The van der Waals surface area contributed by atoms with Gasteiger partial charge in [0.2, 0.25) is 0 Å². The van der Waals surface area contributed by atoms with Crippen molar-refractivity contribution in [1.29, 1.82) is 0 Å². The minimum atomic E-state index is 1.16. The predicted molar refractivity (Wildman–Crippen MR) is 55.3 cm³/mol. The van der Waals surface area contributed by atoms with Gasteiger partial charge in [0.05, 0.1) is 0 Å². The molecule has 12 heavy (non-hydrogen) atoms. The summed E-state index contributed by atoms with van der Waals surface area (Å²) in [6, 6.07) is 4.53. The van der Waals surface area contributed by atoms with Gasteiger partial charge in [-0.05, 0) is 0 Å². The topological polar surface area (TPSA) is 0 Å². The Bertz CT molecular complexity index is 277. The normalized spacial score (nSPS) is 10.3. The average molecular weight is 269 g/mol. The Balaban J connectivity index is 3.25. The summed E-state index contributed by atoms with van der Waals surface area (Å²) in [5.41, 5.74) is 4.59. The van der Waals surface area contributed by atoms with E-state index in [0.29, 0.717) is 0 Å². The summed E-state index contributed by atoms with van der Waals surface area (Å²) in [5, 5.41) is 0. The van der Waals surface area contributed by atoms with Gasteiger partial charge in [-0.1, -0.05) is 0 Å². The fraction of sp³-hybridized carbons (Fsp3) is 0.455. The molecule has 64 valence electrons. The number of aryl methyl sites for hydroxylation is 1. The van der Waals surface area contributed by atoms with E-state index in [1.807, 2.05) is 23.0 Å². The van der Waals surface area contributed by atoms with Gasteiger partial charge >= 0.3 is 89.0 Å².